The smallest absolute Gasteiger partial charge is 0.0766 e. The highest BCUT2D eigenvalue weighted by molar-refractivity contribution is 9.10. The summed E-state index contributed by atoms with van der Waals surface area (Å²) >= 11 is 3.64. The van der Waals surface area contributed by atoms with Crippen molar-refractivity contribution < 1.29 is 9.84 Å². The first-order chi connectivity index (χ1) is 8.99. The molecule has 1 N–H and O–H groups in total. The van der Waals surface area contributed by atoms with E-state index in [9.17, 15) is 5.11 Å². The van der Waals surface area contributed by atoms with E-state index in [-0.39, 0.29) is 6.10 Å². The van der Waals surface area contributed by atoms with Crippen LogP contribution < -0.4 is 0 Å². The van der Waals surface area contributed by atoms with Crippen molar-refractivity contribution in [2.45, 2.75) is 64.7 Å². The third-order valence-electron chi connectivity index (χ3n) is 3.83. The van der Waals surface area contributed by atoms with Crippen molar-refractivity contribution in [3.05, 3.63) is 15.9 Å². The summed E-state index contributed by atoms with van der Waals surface area (Å²) in [5, 5.41) is 15.4. The largest absolute Gasteiger partial charge is 0.389 e. The molecule has 0 spiro atoms. The Morgan fingerprint density at radius 1 is 1.53 bits per heavy atom. The van der Waals surface area contributed by atoms with E-state index in [4.69, 9.17) is 4.74 Å². The molecule has 1 fully saturated rings. The molecular weight excluding hydrogens is 308 g/mol. The molecule has 1 aliphatic heterocycles. The average Bonchev–Trinajstić information content (AvgIpc) is 2.65. The third kappa shape index (κ3) is 3.20. The summed E-state index contributed by atoms with van der Waals surface area (Å²) in [6.07, 6.45) is 3.05. The van der Waals surface area contributed by atoms with Crippen LogP contribution in [0, 0.1) is 0 Å². The maximum Gasteiger partial charge on any atom is 0.0766 e. The molecule has 108 valence electrons. The molecular formula is C14H23BrN2O2. The molecule has 2 atom stereocenters. The van der Waals surface area contributed by atoms with Crippen LogP contribution in [0.25, 0.3) is 0 Å². The number of rotatable bonds is 4. The fraction of sp³-hybridized carbons (Fsp3) is 0.786. The lowest BCUT2D eigenvalue weighted by atomic mass is 9.86. The molecule has 19 heavy (non-hydrogen) atoms. The maximum absolute atomic E-state index is 10.8. The van der Waals surface area contributed by atoms with Crippen LogP contribution in [0.4, 0.5) is 0 Å². The van der Waals surface area contributed by atoms with E-state index in [1.807, 2.05) is 11.6 Å². The summed E-state index contributed by atoms with van der Waals surface area (Å²) in [6.45, 7) is 7.67. The number of halogens is 1. The quantitative estimate of drug-likeness (QED) is 0.923. The zero-order valence-electron chi connectivity index (χ0n) is 11.9. The summed E-state index contributed by atoms with van der Waals surface area (Å²) in [4.78, 5) is 0. The second-order valence-corrected chi connectivity index (χ2v) is 6.21. The second-order valence-electron chi connectivity index (χ2n) is 5.41. The molecule has 0 bridgehead atoms. The van der Waals surface area contributed by atoms with Crippen molar-refractivity contribution in [1.29, 1.82) is 0 Å². The van der Waals surface area contributed by atoms with E-state index < -0.39 is 5.60 Å². The average molecular weight is 331 g/mol. The number of aryl methyl sites for hydroxylation is 2. The Labute approximate surface area is 123 Å². The Morgan fingerprint density at radius 3 is 2.84 bits per heavy atom. The standard InChI is InChI=1S/C14H23BrN2O2/c1-4-11-13(15)12(17(5-2)16-11)9-14(18)6-7-19-10(3)8-14/h10,18H,4-9H2,1-3H3. The van der Waals surface area contributed by atoms with Crippen molar-refractivity contribution >= 4 is 15.9 Å². The summed E-state index contributed by atoms with van der Waals surface area (Å²) in [5.41, 5.74) is 1.51. The van der Waals surface area contributed by atoms with Gasteiger partial charge in [-0.3, -0.25) is 4.68 Å². The highest BCUT2D eigenvalue weighted by Gasteiger charge is 2.35. The number of hydrogen-bond donors (Lipinski definition) is 1. The monoisotopic (exact) mass is 330 g/mol. The zero-order chi connectivity index (χ0) is 14.0. The molecule has 0 saturated carbocycles. The molecule has 1 aliphatic rings. The minimum Gasteiger partial charge on any atom is -0.389 e. The maximum atomic E-state index is 10.8. The second kappa shape index (κ2) is 5.94. The van der Waals surface area contributed by atoms with Gasteiger partial charge in [0.25, 0.3) is 0 Å². The first-order valence-electron chi connectivity index (χ1n) is 7.07. The van der Waals surface area contributed by atoms with Crippen LogP contribution in [-0.2, 0) is 24.1 Å². The van der Waals surface area contributed by atoms with E-state index in [1.54, 1.807) is 0 Å². The Balaban J connectivity index is 2.24. The minimum atomic E-state index is -0.669. The first kappa shape index (κ1) is 15.0. The van der Waals surface area contributed by atoms with Crippen LogP contribution in [-0.4, -0.2) is 33.2 Å². The van der Waals surface area contributed by atoms with Gasteiger partial charge in [-0.15, -0.1) is 0 Å². The van der Waals surface area contributed by atoms with Crippen LogP contribution in [0.15, 0.2) is 4.47 Å². The zero-order valence-corrected chi connectivity index (χ0v) is 13.5. The Bertz CT molecular complexity index is 447. The molecule has 4 nitrogen and oxygen atoms in total. The lowest BCUT2D eigenvalue weighted by Gasteiger charge is -2.35. The molecule has 1 aromatic rings. The SMILES string of the molecule is CCc1nn(CC)c(CC2(O)CCOC(C)C2)c1Br. The fourth-order valence-corrected chi connectivity index (χ4v) is 3.51. The molecule has 0 aromatic carbocycles. The Hall–Kier alpha value is -0.390. The molecule has 0 aliphatic carbocycles. The lowest BCUT2D eigenvalue weighted by Crippen LogP contribution is -2.42. The molecule has 2 unspecified atom stereocenters. The van der Waals surface area contributed by atoms with Crippen LogP contribution >= 0.6 is 15.9 Å². The van der Waals surface area contributed by atoms with E-state index in [0.29, 0.717) is 25.9 Å². The number of ether oxygens (including phenoxy) is 1. The molecule has 0 radical (unpaired) electrons. The topological polar surface area (TPSA) is 47.3 Å². The van der Waals surface area contributed by atoms with Crippen LogP contribution in [0.1, 0.15) is 45.0 Å². The van der Waals surface area contributed by atoms with Gasteiger partial charge >= 0.3 is 0 Å². The van der Waals surface area contributed by atoms with Gasteiger partial charge in [0.2, 0.25) is 0 Å². The van der Waals surface area contributed by atoms with Gasteiger partial charge in [-0.25, -0.2) is 0 Å². The molecule has 1 saturated heterocycles. The van der Waals surface area contributed by atoms with Crippen LogP contribution in [0.3, 0.4) is 0 Å². The van der Waals surface area contributed by atoms with E-state index in [2.05, 4.69) is 34.9 Å². The minimum absolute atomic E-state index is 0.126. The summed E-state index contributed by atoms with van der Waals surface area (Å²) in [5.74, 6) is 0. The van der Waals surface area contributed by atoms with Crippen molar-refractivity contribution in [2.24, 2.45) is 0 Å². The van der Waals surface area contributed by atoms with Gasteiger partial charge in [-0.05, 0) is 42.6 Å². The number of aliphatic hydroxyl groups is 1. The Kier molecular flexibility index (Phi) is 4.69. The van der Waals surface area contributed by atoms with Gasteiger partial charge in [-0.2, -0.15) is 5.10 Å². The molecule has 0 amide bonds. The first-order valence-corrected chi connectivity index (χ1v) is 7.86. The van der Waals surface area contributed by atoms with Gasteiger partial charge in [-0.1, -0.05) is 6.92 Å². The van der Waals surface area contributed by atoms with Gasteiger partial charge in [0.15, 0.2) is 0 Å². The third-order valence-corrected chi connectivity index (χ3v) is 4.74. The predicted molar refractivity (Wildman–Crippen MR) is 78.3 cm³/mol. The predicted octanol–water partition coefficient (Wildman–Crippen LogP) is 2.70. The van der Waals surface area contributed by atoms with Crippen LogP contribution in [0.5, 0.6) is 0 Å². The highest BCUT2D eigenvalue weighted by Crippen LogP contribution is 2.32. The van der Waals surface area contributed by atoms with Gasteiger partial charge in [0.05, 0.1) is 27.6 Å². The summed E-state index contributed by atoms with van der Waals surface area (Å²) < 4.78 is 8.59. The van der Waals surface area contributed by atoms with E-state index in [0.717, 1.165) is 28.8 Å². The molecule has 2 heterocycles. The van der Waals surface area contributed by atoms with Gasteiger partial charge in [0.1, 0.15) is 0 Å². The van der Waals surface area contributed by atoms with Crippen LogP contribution in [0.2, 0.25) is 0 Å². The fourth-order valence-electron chi connectivity index (χ4n) is 2.80. The molecule has 5 heteroatoms. The summed E-state index contributed by atoms with van der Waals surface area (Å²) in [6, 6.07) is 0. The Morgan fingerprint density at radius 2 is 2.26 bits per heavy atom. The number of aromatic nitrogens is 2. The number of nitrogens with zero attached hydrogens (tertiary/aromatic N) is 2. The lowest BCUT2D eigenvalue weighted by molar-refractivity contribution is -0.0969. The van der Waals surface area contributed by atoms with Gasteiger partial charge in [0, 0.05) is 26.0 Å². The molecule has 1 aromatic heterocycles. The van der Waals surface area contributed by atoms with Crippen molar-refractivity contribution in [2.75, 3.05) is 6.61 Å². The summed E-state index contributed by atoms with van der Waals surface area (Å²) in [7, 11) is 0. The van der Waals surface area contributed by atoms with Gasteiger partial charge < -0.3 is 9.84 Å². The van der Waals surface area contributed by atoms with Crippen molar-refractivity contribution in [3.63, 3.8) is 0 Å². The van der Waals surface area contributed by atoms with E-state index in [1.165, 1.54) is 0 Å². The van der Waals surface area contributed by atoms with Crippen molar-refractivity contribution in [1.82, 2.24) is 9.78 Å². The van der Waals surface area contributed by atoms with Crippen molar-refractivity contribution in [3.8, 4) is 0 Å². The normalized spacial score (nSPS) is 27.7. The highest BCUT2D eigenvalue weighted by atomic mass is 79.9. The number of hydrogen-bond acceptors (Lipinski definition) is 3. The van der Waals surface area contributed by atoms with E-state index >= 15 is 0 Å². The molecule has 2 rings (SSSR count).